The van der Waals surface area contributed by atoms with Crippen molar-refractivity contribution in [2.75, 3.05) is 6.54 Å². The Hall–Kier alpha value is -1.85. The maximum Gasteiger partial charge on any atom is 0.321 e. The van der Waals surface area contributed by atoms with Crippen LogP contribution in [0.25, 0.3) is 0 Å². The number of hydrogen-bond acceptors (Lipinski definition) is 3. The van der Waals surface area contributed by atoms with Crippen LogP contribution in [0.2, 0.25) is 0 Å². The van der Waals surface area contributed by atoms with Gasteiger partial charge in [0, 0.05) is 19.4 Å². The molecule has 3 amide bonds. The third-order valence-corrected chi connectivity index (χ3v) is 2.98. The fourth-order valence-electron chi connectivity index (χ4n) is 1.91. The normalized spacial score (nSPS) is 17.8. The van der Waals surface area contributed by atoms with E-state index in [9.17, 15) is 14.4 Å². The molecule has 0 saturated carbocycles. The van der Waals surface area contributed by atoms with E-state index in [4.69, 9.17) is 5.11 Å². The van der Waals surface area contributed by atoms with Gasteiger partial charge in [0.25, 0.3) is 0 Å². The summed E-state index contributed by atoms with van der Waals surface area (Å²) in [5.41, 5.74) is 0. The second-order valence-corrected chi connectivity index (χ2v) is 4.66. The highest BCUT2D eigenvalue weighted by Gasteiger charge is 2.12. The summed E-state index contributed by atoms with van der Waals surface area (Å²) in [6.45, 7) is 0.554. The smallest absolute Gasteiger partial charge is 0.321 e. The Balaban J connectivity index is 2.10. The molecule has 0 radical (unpaired) electrons. The molecule has 1 aliphatic carbocycles. The van der Waals surface area contributed by atoms with Crippen molar-refractivity contribution >= 4 is 17.9 Å². The largest absolute Gasteiger partial charge is 0.481 e. The number of carbonyl (C=O) groups is 3. The van der Waals surface area contributed by atoms with E-state index in [0.717, 1.165) is 19.3 Å². The molecule has 0 saturated heterocycles. The average molecular weight is 268 g/mol. The molecule has 1 atom stereocenters. The summed E-state index contributed by atoms with van der Waals surface area (Å²) in [5, 5.41) is 13.3. The predicted octanol–water partition coefficient (Wildman–Crippen LogP) is 1.42. The molecular weight excluding hydrogens is 248 g/mol. The van der Waals surface area contributed by atoms with Gasteiger partial charge in [-0.15, -0.1) is 0 Å². The molecule has 0 fully saturated rings. The zero-order valence-electron chi connectivity index (χ0n) is 10.9. The topological polar surface area (TPSA) is 95.5 Å². The van der Waals surface area contributed by atoms with Crippen LogP contribution in [0.3, 0.4) is 0 Å². The number of imide groups is 1. The van der Waals surface area contributed by atoms with Crippen LogP contribution in [0.5, 0.6) is 0 Å². The van der Waals surface area contributed by atoms with Crippen LogP contribution in [0.15, 0.2) is 12.2 Å². The van der Waals surface area contributed by atoms with Crippen LogP contribution in [-0.4, -0.2) is 29.6 Å². The number of hydrogen-bond donors (Lipinski definition) is 3. The summed E-state index contributed by atoms with van der Waals surface area (Å²) in [6.07, 6.45) is 7.48. The van der Waals surface area contributed by atoms with Crippen molar-refractivity contribution in [1.29, 1.82) is 0 Å². The lowest BCUT2D eigenvalue weighted by Gasteiger charge is -2.18. The molecule has 0 aromatic heterocycles. The van der Waals surface area contributed by atoms with E-state index >= 15 is 0 Å². The van der Waals surface area contributed by atoms with E-state index in [0.29, 0.717) is 12.5 Å². The molecule has 3 N–H and O–H groups in total. The Bertz CT molecular complexity index is 366. The standard InChI is InChI=1S/C13H20N2O4/c16-11(7-4-8-12(17)18)15-13(19)14-9-10-5-2-1-3-6-10/h1-2,10H,3-9H2,(H,17,18)(H2,14,15,16,19). The lowest BCUT2D eigenvalue weighted by Crippen LogP contribution is -2.41. The minimum absolute atomic E-state index is 0.0475. The molecule has 0 aromatic rings. The number of carboxylic acids is 1. The fraction of sp³-hybridized carbons (Fsp3) is 0.615. The zero-order valence-corrected chi connectivity index (χ0v) is 10.9. The van der Waals surface area contributed by atoms with Crippen molar-refractivity contribution in [2.24, 2.45) is 5.92 Å². The van der Waals surface area contributed by atoms with Gasteiger partial charge in [-0.05, 0) is 31.6 Å². The number of allylic oxidation sites excluding steroid dienone is 2. The molecule has 0 bridgehead atoms. The van der Waals surface area contributed by atoms with Crippen molar-refractivity contribution in [1.82, 2.24) is 10.6 Å². The first kappa shape index (κ1) is 15.2. The fourth-order valence-corrected chi connectivity index (χ4v) is 1.91. The van der Waals surface area contributed by atoms with E-state index in [2.05, 4.69) is 22.8 Å². The Morgan fingerprint density at radius 2 is 2.00 bits per heavy atom. The van der Waals surface area contributed by atoms with E-state index in [1.165, 1.54) is 0 Å². The van der Waals surface area contributed by atoms with Crippen molar-refractivity contribution in [2.45, 2.75) is 38.5 Å². The van der Waals surface area contributed by atoms with Crippen LogP contribution in [0.1, 0.15) is 38.5 Å². The molecule has 6 heteroatoms. The zero-order chi connectivity index (χ0) is 14.1. The van der Waals surface area contributed by atoms with E-state index < -0.39 is 17.9 Å². The second kappa shape index (κ2) is 8.29. The number of amides is 3. The van der Waals surface area contributed by atoms with Gasteiger partial charge in [0.2, 0.25) is 5.91 Å². The van der Waals surface area contributed by atoms with Gasteiger partial charge < -0.3 is 10.4 Å². The number of urea groups is 1. The maximum atomic E-state index is 11.4. The molecule has 1 aliphatic rings. The monoisotopic (exact) mass is 268 g/mol. The van der Waals surface area contributed by atoms with Crippen LogP contribution in [0.4, 0.5) is 4.79 Å². The number of carboxylic acid groups (broad SMARTS) is 1. The number of nitrogens with one attached hydrogen (secondary N) is 2. The number of aliphatic carboxylic acids is 1. The summed E-state index contributed by atoms with van der Waals surface area (Å²) in [7, 11) is 0. The van der Waals surface area contributed by atoms with E-state index in [1.54, 1.807) is 0 Å². The summed E-state index contributed by atoms with van der Waals surface area (Å²) >= 11 is 0. The summed E-state index contributed by atoms with van der Waals surface area (Å²) in [4.78, 5) is 33.0. The van der Waals surface area contributed by atoms with Gasteiger partial charge in [0.15, 0.2) is 0 Å². The molecule has 6 nitrogen and oxygen atoms in total. The summed E-state index contributed by atoms with van der Waals surface area (Å²) < 4.78 is 0. The molecule has 0 spiro atoms. The van der Waals surface area contributed by atoms with Gasteiger partial charge in [-0.3, -0.25) is 14.9 Å². The van der Waals surface area contributed by atoms with Crippen LogP contribution in [-0.2, 0) is 9.59 Å². The number of carbonyl (C=O) groups excluding carboxylic acids is 2. The molecule has 19 heavy (non-hydrogen) atoms. The lowest BCUT2D eigenvalue weighted by molar-refractivity contribution is -0.137. The number of rotatable bonds is 6. The quantitative estimate of drug-likeness (QED) is 0.635. The van der Waals surface area contributed by atoms with Crippen molar-refractivity contribution in [3.05, 3.63) is 12.2 Å². The maximum absolute atomic E-state index is 11.4. The van der Waals surface area contributed by atoms with Crippen molar-refractivity contribution in [3.8, 4) is 0 Å². The van der Waals surface area contributed by atoms with Gasteiger partial charge in [0.1, 0.15) is 0 Å². The van der Waals surface area contributed by atoms with Gasteiger partial charge in [0.05, 0.1) is 0 Å². The Morgan fingerprint density at radius 1 is 1.21 bits per heavy atom. The van der Waals surface area contributed by atoms with Crippen LogP contribution in [0, 0.1) is 5.92 Å². The molecule has 1 unspecified atom stereocenters. The summed E-state index contributed by atoms with van der Waals surface area (Å²) in [6, 6.07) is -0.505. The first-order chi connectivity index (χ1) is 9.08. The first-order valence-electron chi connectivity index (χ1n) is 6.52. The lowest BCUT2D eigenvalue weighted by atomic mass is 9.94. The van der Waals surface area contributed by atoms with E-state index in [1.807, 2.05) is 0 Å². The highest BCUT2D eigenvalue weighted by atomic mass is 16.4. The molecule has 0 aliphatic heterocycles. The van der Waals surface area contributed by atoms with Gasteiger partial charge in [-0.25, -0.2) is 4.79 Å². The van der Waals surface area contributed by atoms with Crippen molar-refractivity contribution in [3.63, 3.8) is 0 Å². The van der Waals surface area contributed by atoms with Gasteiger partial charge >= 0.3 is 12.0 Å². The van der Waals surface area contributed by atoms with Crippen molar-refractivity contribution < 1.29 is 19.5 Å². The molecular formula is C13H20N2O4. The molecule has 1 rings (SSSR count). The van der Waals surface area contributed by atoms with Crippen LogP contribution < -0.4 is 10.6 Å². The predicted molar refractivity (Wildman–Crippen MR) is 69.5 cm³/mol. The summed E-state index contributed by atoms with van der Waals surface area (Å²) in [5.74, 6) is -0.956. The third-order valence-electron chi connectivity index (χ3n) is 2.98. The van der Waals surface area contributed by atoms with Gasteiger partial charge in [-0.1, -0.05) is 12.2 Å². The Morgan fingerprint density at radius 3 is 2.63 bits per heavy atom. The highest BCUT2D eigenvalue weighted by molar-refractivity contribution is 5.94. The third kappa shape index (κ3) is 7.23. The SMILES string of the molecule is O=C(O)CCCC(=O)NC(=O)NCC1CC=CCC1. The highest BCUT2D eigenvalue weighted by Crippen LogP contribution is 2.16. The molecule has 106 valence electrons. The Kier molecular flexibility index (Phi) is 6.63. The minimum Gasteiger partial charge on any atom is -0.481 e. The van der Waals surface area contributed by atoms with Gasteiger partial charge in [-0.2, -0.15) is 0 Å². The molecule has 0 aromatic carbocycles. The second-order valence-electron chi connectivity index (χ2n) is 4.66. The first-order valence-corrected chi connectivity index (χ1v) is 6.52. The minimum atomic E-state index is -0.942. The Labute approximate surface area is 112 Å². The van der Waals surface area contributed by atoms with Crippen LogP contribution >= 0.6 is 0 Å². The van der Waals surface area contributed by atoms with E-state index in [-0.39, 0.29) is 19.3 Å². The average Bonchev–Trinajstić information content (AvgIpc) is 2.37. The molecule has 0 heterocycles.